The highest BCUT2D eigenvalue weighted by atomic mass is 35.5. The van der Waals surface area contributed by atoms with Gasteiger partial charge in [0.25, 0.3) is 0 Å². The monoisotopic (exact) mass is 223 g/mol. The summed E-state index contributed by atoms with van der Waals surface area (Å²) >= 11 is 5.94. The van der Waals surface area contributed by atoms with Gasteiger partial charge in [-0.25, -0.2) is 0 Å². The summed E-state index contributed by atoms with van der Waals surface area (Å²) in [5.74, 6) is 0. The third kappa shape index (κ3) is 1.42. The summed E-state index contributed by atoms with van der Waals surface area (Å²) in [6.45, 7) is 3.19. The summed E-state index contributed by atoms with van der Waals surface area (Å²) in [5.41, 5.74) is 2.60. The molecule has 1 aromatic rings. The number of nitrogens with zero attached hydrogens (tertiary/aromatic N) is 1. The Bertz CT molecular complexity index is 385. The van der Waals surface area contributed by atoms with Crippen LogP contribution in [0.25, 0.3) is 0 Å². The first-order chi connectivity index (χ1) is 7.30. The number of pyridine rings is 1. The molecule has 3 rings (SSSR count). The van der Waals surface area contributed by atoms with Gasteiger partial charge in [-0.1, -0.05) is 11.6 Å². The zero-order valence-electron chi connectivity index (χ0n) is 8.52. The molecule has 0 atom stereocenters. The fourth-order valence-electron chi connectivity index (χ4n) is 2.66. The average Bonchev–Trinajstić information content (AvgIpc) is 2.58. The lowest BCUT2D eigenvalue weighted by Crippen LogP contribution is -2.41. The molecule has 4 heteroatoms. The Morgan fingerprint density at radius 1 is 1.33 bits per heavy atom. The van der Waals surface area contributed by atoms with E-state index < -0.39 is 0 Å². The van der Waals surface area contributed by atoms with Crippen LogP contribution in [0.1, 0.15) is 18.5 Å². The van der Waals surface area contributed by atoms with Crippen molar-refractivity contribution in [3.8, 4) is 0 Å². The van der Waals surface area contributed by atoms with Crippen molar-refractivity contribution in [1.82, 2.24) is 10.3 Å². The third-order valence-electron chi connectivity index (χ3n) is 3.53. The molecule has 0 saturated carbocycles. The number of rotatable bonds is 0. The van der Waals surface area contributed by atoms with Crippen LogP contribution in [0.3, 0.4) is 0 Å². The largest absolute Gasteiger partial charge is 0.383 e. The van der Waals surface area contributed by atoms with E-state index in [0.29, 0.717) is 5.02 Å². The van der Waals surface area contributed by atoms with Gasteiger partial charge in [-0.3, -0.25) is 4.98 Å². The Hall–Kier alpha value is -0.800. The number of halogens is 1. The van der Waals surface area contributed by atoms with Crippen LogP contribution in [0.5, 0.6) is 0 Å². The van der Waals surface area contributed by atoms with Gasteiger partial charge in [0.1, 0.15) is 0 Å². The number of anilines is 1. The summed E-state index contributed by atoms with van der Waals surface area (Å²) in [6.07, 6.45) is 4.10. The minimum atomic E-state index is 0.255. The van der Waals surface area contributed by atoms with Crippen molar-refractivity contribution in [2.24, 2.45) is 0 Å². The van der Waals surface area contributed by atoms with Gasteiger partial charge in [0.2, 0.25) is 0 Å². The van der Waals surface area contributed by atoms with Gasteiger partial charge in [0, 0.05) is 18.2 Å². The lowest BCUT2D eigenvalue weighted by atomic mass is 9.77. The molecule has 2 N–H and O–H groups in total. The molecule has 0 radical (unpaired) electrons. The molecule has 0 bridgehead atoms. The van der Waals surface area contributed by atoms with Crippen molar-refractivity contribution in [2.75, 3.05) is 25.0 Å². The summed E-state index contributed by atoms with van der Waals surface area (Å²) in [7, 11) is 0. The van der Waals surface area contributed by atoms with Gasteiger partial charge in [-0.15, -0.1) is 0 Å². The van der Waals surface area contributed by atoms with Crippen molar-refractivity contribution in [3.63, 3.8) is 0 Å². The Balaban J connectivity index is 2.03. The van der Waals surface area contributed by atoms with E-state index in [2.05, 4.69) is 15.6 Å². The Morgan fingerprint density at radius 3 is 2.93 bits per heavy atom. The molecule has 80 valence electrons. The predicted molar refractivity (Wildman–Crippen MR) is 61.5 cm³/mol. The number of aromatic nitrogens is 1. The predicted octanol–water partition coefficient (Wildman–Crippen LogP) is 1.78. The lowest BCUT2D eigenvalue weighted by molar-refractivity contribution is 0.328. The van der Waals surface area contributed by atoms with Crippen LogP contribution in [0.2, 0.25) is 5.02 Å². The number of piperidine rings is 1. The Labute approximate surface area is 94.2 Å². The van der Waals surface area contributed by atoms with Crippen molar-refractivity contribution >= 4 is 17.3 Å². The van der Waals surface area contributed by atoms with Crippen molar-refractivity contribution in [3.05, 3.63) is 23.0 Å². The van der Waals surface area contributed by atoms with E-state index in [4.69, 9.17) is 11.6 Å². The molecule has 0 aromatic carbocycles. The zero-order chi connectivity index (χ0) is 10.3. The maximum atomic E-state index is 5.94. The van der Waals surface area contributed by atoms with Crippen LogP contribution >= 0.6 is 11.6 Å². The molecular weight excluding hydrogens is 210 g/mol. The molecule has 2 aliphatic heterocycles. The second kappa shape index (κ2) is 3.35. The van der Waals surface area contributed by atoms with Gasteiger partial charge in [-0.05, 0) is 32.0 Å². The highest BCUT2D eigenvalue weighted by molar-refractivity contribution is 6.30. The molecule has 1 spiro atoms. The molecule has 15 heavy (non-hydrogen) atoms. The number of fused-ring (bicyclic) bond motifs is 2. The van der Waals surface area contributed by atoms with E-state index in [-0.39, 0.29) is 5.41 Å². The minimum absolute atomic E-state index is 0.255. The molecule has 0 amide bonds. The Kier molecular flexibility index (Phi) is 2.11. The molecule has 0 unspecified atom stereocenters. The van der Waals surface area contributed by atoms with E-state index in [9.17, 15) is 0 Å². The molecule has 3 nitrogen and oxygen atoms in total. The molecule has 1 fully saturated rings. The third-order valence-corrected chi connectivity index (χ3v) is 3.74. The van der Waals surface area contributed by atoms with Gasteiger partial charge in [-0.2, -0.15) is 0 Å². The smallest absolute Gasteiger partial charge is 0.0716 e. The van der Waals surface area contributed by atoms with E-state index >= 15 is 0 Å². The number of nitrogens with one attached hydrogen (secondary N) is 2. The van der Waals surface area contributed by atoms with Crippen LogP contribution in [0.15, 0.2) is 12.3 Å². The van der Waals surface area contributed by atoms with E-state index in [1.165, 1.54) is 18.5 Å². The fraction of sp³-hybridized carbons (Fsp3) is 0.545. The highest BCUT2D eigenvalue weighted by Gasteiger charge is 2.41. The van der Waals surface area contributed by atoms with Crippen LogP contribution in [-0.4, -0.2) is 24.6 Å². The maximum Gasteiger partial charge on any atom is 0.0716 e. The Morgan fingerprint density at radius 2 is 2.13 bits per heavy atom. The lowest BCUT2D eigenvalue weighted by Gasteiger charge is -2.32. The van der Waals surface area contributed by atoms with Crippen LogP contribution < -0.4 is 10.6 Å². The minimum Gasteiger partial charge on any atom is -0.383 e. The van der Waals surface area contributed by atoms with E-state index in [1.807, 2.05) is 6.07 Å². The molecular formula is C11H14ClN3. The van der Waals surface area contributed by atoms with Gasteiger partial charge < -0.3 is 10.6 Å². The number of hydrogen-bond acceptors (Lipinski definition) is 3. The van der Waals surface area contributed by atoms with Gasteiger partial charge >= 0.3 is 0 Å². The van der Waals surface area contributed by atoms with Gasteiger partial charge in [0.15, 0.2) is 0 Å². The van der Waals surface area contributed by atoms with Crippen LogP contribution in [0.4, 0.5) is 5.69 Å². The molecule has 0 aliphatic carbocycles. The quantitative estimate of drug-likeness (QED) is 0.704. The highest BCUT2D eigenvalue weighted by Crippen LogP contribution is 2.41. The molecule has 2 aliphatic rings. The molecule has 1 aromatic heterocycles. The second-order valence-corrected chi connectivity index (χ2v) is 4.87. The van der Waals surface area contributed by atoms with E-state index in [1.54, 1.807) is 6.20 Å². The maximum absolute atomic E-state index is 5.94. The normalized spacial score (nSPS) is 22.5. The van der Waals surface area contributed by atoms with Crippen LogP contribution in [0, 0.1) is 0 Å². The first-order valence-corrected chi connectivity index (χ1v) is 5.79. The summed E-state index contributed by atoms with van der Waals surface area (Å²) in [6, 6.07) is 1.99. The summed E-state index contributed by atoms with van der Waals surface area (Å²) in [5, 5.41) is 7.54. The first kappa shape index (κ1) is 9.43. The van der Waals surface area contributed by atoms with E-state index in [0.717, 1.165) is 25.3 Å². The molecule has 3 heterocycles. The fourth-order valence-corrected chi connectivity index (χ4v) is 2.82. The standard InChI is InChI=1S/C11H14ClN3/c12-8-5-9-10(14-6-8)11(7-15-9)1-3-13-4-2-11/h5-6,13,15H,1-4,7H2. The van der Waals surface area contributed by atoms with Crippen molar-refractivity contribution < 1.29 is 0 Å². The summed E-state index contributed by atoms with van der Waals surface area (Å²) in [4.78, 5) is 4.51. The average molecular weight is 224 g/mol. The van der Waals surface area contributed by atoms with Crippen molar-refractivity contribution in [2.45, 2.75) is 18.3 Å². The molecule has 1 saturated heterocycles. The van der Waals surface area contributed by atoms with Crippen molar-refractivity contribution in [1.29, 1.82) is 0 Å². The zero-order valence-corrected chi connectivity index (χ0v) is 9.27. The first-order valence-electron chi connectivity index (χ1n) is 5.41. The van der Waals surface area contributed by atoms with Gasteiger partial charge in [0.05, 0.1) is 16.4 Å². The SMILES string of the molecule is Clc1cnc2c(c1)NCC21CCNCC1. The topological polar surface area (TPSA) is 37.0 Å². The second-order valence-electron chi connectivity index (χ2n) is 4.43. The summed E-state index contributed by atoms with van der Waals surface area (Å²) < 4.78 is 0. The number of hydrogen-bond donors (Lipinski definition) is 2. The van der Waals surface area contributed by atoms with Crippen LogP contribution in [-0.2, 0) is 5.41 Å².